The first kappa shape index (κ1) is 14.1. The third-order valence-electron chi connectivity index (χ3n) is 3.22. The first-order valence-corrected chi connectivity index (χ1v) is 6.96. The van der Waals surface area contributed by atoms with Gasteiger partial charge in [-0.3, -0.25) is 4.68 Å². The topological polar surface area (TPSA) is 33.1 Å². The highest BCUT2D eigenvalue weighted by Crippen LogP contribution is 2.29. The molecule has 1 heterocycles. The van der Waals surface area contributed by atoms with Gasteiger partial charge in [0.25, 0.3) is 0 Å². The third-order valence-corrected chi connectivity index (χ3v) is 3.83. The second-order valence-electron chi connectivity index (χ2n) is 4.71. The zero-order valence-corrected chi connectivity index (χ0v) is 13.3. The van der Waals surface area contributed by atoms with Crippen LogP contribution in [-0.2, 0) is 7.05 Å². The molecule has 0 aliphatic heterocycles. The van der Waals surface area contributed by atoms with Gasteiger partial charge in [-0.2, -0.15) is 5.10 Å². The largest absolute Gasteiger partial charge is 0.378 e. The van der Waals surface area contributed by atoms with E-state index in [1.165, 1.54) is 11.3 Å². The minimum Gasteiger partial charge on any atom is -0.378 e. The van der Waals surface area contributed by atoms with Crippen LogP contribution in [0, 0.1) is 0 Å². The van der Waals surface area contributed by atoms with Crippen molar-refractivity contribution in [1.29, 1.82) is 0 Å². The molecule has 0 bridgehead atoms. The molecule has 0 saturated heterocycles. The fourth-order valence-corrected chi connectivity index (χ4v) is 2.77. The smallest absolute Gasteiger partial charge is 0.0758 e. The van der Waals surface area contributed by atoms with Gasteiger partial charge in [0.05, 0.1) is 22.4 Å². The van der Waals surface area contributed by atoms with Crippen molar-refractivity contribution in [3.8, 4) is 0 Å². The number of anilines is 1. The highest BCUT2D eigenvalue weighted by Gasteiger charge is 2.19. The highest BCUT2D eigenvalue weighted by atomic mass is 79.9. The second kappa shape index (κ2) is 5.75. The molecular formula is C14H19BrN4. The van der Waals surface area contributed by atoms with E-state index in [2.05, 4.69) is 55.5 Å². The van der Waals surface area contributed by atoms with E-state index in [4.69, 9.17) is 0 Å². The molecule has 1 aromatic heterocycles. The van der Waals surface area contributed by atoms with Crippen LogP contribution in [0.2, 0.25) is 0 Å². The van der Waals surface area contributed by atoms with Crippen LogP contribution in [0.25, 0.3) is 0 Å². The predicted octanol–water partition coefficient (Wildman–Crippen LogP) is 2.56. The van der Waals surface area contributed by atoms with Gasteiger partial charge in [0.15, 0.2) is 0 Å². The van der Waals surface area contributed by atoms with E-state index in [0.717, 1.165) is 10.2 Å². The van der Waals surface area contributed by atoms with Gasteiger partial charge in [0, 0.05) is 26.8 Å². The molecule has 0 amide bonds. The number of aromatic nitrogens is 2. The zero-order chi connectivity index (χ0) is 14.0. The maximum absolute atomic E-state index is 4.29. The van der Waals surface area contributed by atoms with Gasteiger partial charge < -0.3 is 10.2 Å². The lowest BCUT2D eigenvalue weighted by Gasteiger charge is -2.20. The highest BCUT2D eigenvalue weighted by molar-refractivity contribution is 9.10. The number of nitrogens with one attached hydrogen (secondary N) is 1. The van der Waals surface area contributed by atoms with Gasteiger partial charge >= 0.3 is 0 Å². The lowest BCUT2D eigenvalue weighted by molar-refractivity contribution is 0.604. The number of benzene rings is 1. The molecule has 2 rings (SSSR count). The van der Waals surface area contributed by atoms with Crippen molar-refractivity contribution < 1.29 is 0 Å². The van der Waals surface area contributed by atoms with Crippen molar-refractivity contribution in [2.75, 3.05) is 26.0 Å². The average molecular weight is 323 g/mol. The molecule has 0 fully saturated rings. The van der Waals surface area contributed by atoms with Gasteiger partial charge in [-0.15, -0.1) is 0 Å². The Morgan fingerprint density at radius 3 is 2.63 bits per heavy atom. The zero-order valence-electron chi connectivity index (χ0n) is 11.7. The minimum atomic E-state index is 0.113. The molecule has 4 nitrogen and oxygen atoms in total. The van der Waals surface area contributed by atoms with E-state index in [-0.39, 0.29) is 6.04 Å². The number of halogens is 1. The van der Waals surface area contributed by atoms with E-state index in [1.807, 2.05) is 39.1 Å². The van der Waals surface area contributed by atoms with Crippen LogP contribution < -0.4 is 10.2 Å². The quantitative estimate of drug-likeness (QED) is 0.939. The molecule has 5 heteroatoms. The lowest BCUT2D eigenvalue weighted by Crippen LogP contribution is -2.21. The molecule has 0 spiro atoms. The molecule has 0 saturated carbocycles. The van der Waals surface area contributed by atoms with Crippen molar-refractivity contribution in [3.05, 3.63) is 46.2 Å². The maximum Gasteiger partial charge on any atom is 0.0758 e. The van der Waals surface area contributed by atoms with E-state index in [9.17, 15) is 0 Å². The van der Waals surface area contributed by atoms with Gasteiger partial charge in [-0.05, 0) is 40.7 Å². The first-order chi connectivity index (χ1) is 9.04. The molecule has 102 valence electrons. The average Bonchev–Trinajstić information content (AvgIpc) is 2.72. The predicted molar refractivity (Wildman–Crippen MR) is 82.6 cm³/mol. The summed E-state index contributed by atoms with van der Waals surface area (Å²) in [4.78, 5) is 2.11. The van der Waals surface area contributed by atoms with Crippen LogP contribution in [-0.4, -0.2) is 30.9 Å². The van der Waals surface area contributed by atoms with Crippen LogP contribution in [0.15, 0.2) is 34.9 Å². The summed E-state index contributed by atoms with van der Waals surface area (Å²) in [6.45, 7) is 0. The molecular weight excluding hydrogens is 304 g/mol. The molecule has 1 atom stereocenters. The summed E-state index contributed by atoms with van der Waals surface area (Å²) < 4.78 is 2.91. The third kappa shape index (κ3) is 2.82. The minimum absolute atomic E-state index is 0.113. The summed E-state index contributed by atoms with van der Waals surface area (Å²) >= 11 is 3.57. The Morgan fingerprint density at radius 2 is 2.11 bits per heavy atom. The molecule has 0 aliphatic rings. The molecule has 1 N–H and O–H groups in total. The lowest BCUT2D eigenvalue weighted by atomic mass is 10.0. The molecule has 0 aliphatic carbocycles. The molecule has 1 aromatic carbocycles. The normalized spacial score (nSPS) is 12.5. The number of nitrogens with zero attached hydrogens (tertiary/aromatic N) is 3. The Labute approximate surface area is 122 Å². The summed E-state index contributed by atoms with van der Waals surface area (Å²) in [7, 11) is 8.02. The Bertz CT molecular complexity index is 543. The van der Waals surface area contributed by atoms with Crippen LogP contribution in [0.5, 0.6) is 0 Å². The number of rotatable bonds is 4. The summed E-state index contributed by atoms with van der Waals surface area (Å²) in [6, 6.07) is 8.63. The molecule has 0 radical (unpaired) electrons. The summed E-state index contributed by atoms with van der Waals surface area (Å²) in [6.07, 6.45) is 1.83. The monoisotopic (exact) mass is 322 g/mol. The van der Waals surface area contributed by atoms with E-state index in [0.29, 0.717) is 0 Å². The van der Waals surface area contributed by atoms with Crippen molar-refractivity contribution in [1.82, 2.24) is 15.1 Å². The Kier molecular flexibility index (Phi) is 4.27. The van der Waals surface area contributed by atoms with Crippen LogP contribution >= 0.6 is 15.9 Å². The standard InChI is InChI=1S/C14H19BrN4/c1-16-13(14-12(15)9-17-19(14)4)10-6-5-7-11(8-10)18(2)3/h5-9,13,16H,1-4H3. The van der Waals surface area contributed by atoms with Gasteiger partial charge in [-0.1, -0.05) is 12.1 Å². The summed E-state index contributed by atoms with van der Waals surface area (Å²) in [5.74, 6) is 0. The van der Waals surface area contributed by atoms with Crippen molar-refractivity contribution in [3.63, 3.8) is 0 Å². The van der Waals surface area contributed by atoms with Crippen molar-refractivity contribution in [2.45, 2.75) is 6.04 Å². The van der Waals surface area contributed by atoms with Crippen molar-refractivity contribution >= 4 is 21.6 Å². The van der Waals surface area contributed by atoms with E-state index >= 15 is 0 Å². The fraction of sp³-hybridized carbons (Fsp3) is 0.357. The summed E-state index contributed by atoms with van der Waals surface area (Å²) in [5, 5.41) is 7.65. The number of aryl methyl sites for hydroxylation is 1. The SMILES string of the molecule is CNC(c1cccc(N(C)C)c1)c1c(Br)cnn1C. The van der Waals surface area contributed by atoms with Crippen molar-refractivity contribution in [2.24, 2.45) is 7.05 Å². The molecule has 19 heavy (non-hydrogen) atoms. The second-order valence-corrected chi connectivity index (χ2v) is 5.57. The summed E-state index contributed by atoms with van der Waals surface area (Å²) in [5.41, 5.74) is 3.53. The van der Waals surface area contributed by atoms with Gasteiger partial charge in [-0.25, -0.2) is 0 Å². The number of hydrogen-bond acceptors (Lipinski definition) is 3. The van der Waals surface area contributed by atoms with E-state index < -0.39 is 0 Å². The Balaban J connectivity index is 2.45. The van der Waals surface area contributed by atoms with Crippen LogP contribution in [0.3, 0.4) is 0 Å². The Hall–Kier alpha value is -1.33. The Morgan fingerprint density at radius 1 is 1.37 bits per heavy atom. The van der Waals surface area contributed by atoms with Crippen LogP contribution in [0.4, 0.5) is 5.69 Å². The van der Waals surface area contributed by atoms with E-state index in [1.54, 1.807) is 0 Å². The molecule has 2 aromatic rings. The maximum atomic E-state index is 4.29. The van der Waals surface area contributed by atoms with Gasteiger partial charge in [0.1, 0.15) is 0 Å². The van der Waals surface area contributed by atoms with Crippen LogP contribution in [0.1, 0.15) is 17.3 Å². The molecule has 1 unspecified atom stereocenters. The fourth-order valence-electron chi connectivity index (χ4n) is 2.19. The number of hydrogen-bond donors (Lipinski definition) is 1. The first-order valence-electron chi connectivity index (χ1n) is 6.16. The van der Waals surface area contributed by atoms with Gasteiger partial charge in [0.2, 0.25) is 0 Å².